The summed E-state index contributed by atoms with van der Waals surface area (Å²) in [5.74, 6) is 0.641. The molecule has 0 spiro atoms. The molecule has 17 heavy (non-hydrogen) atoms. The Hall–Kier alpha value is -1.07. The maximum atomic E-state index is 10.1. The van der Waals surface area contributed by atoms with Gasteiger partial charge in [-0.05, 0) is 13.3 Å². The number of aliphatic hydroxyl groups is 1. The molecule has 1 rings (SSSR count). The van der Waals surface area contributed by atoms with E-state index in [-0.39, 0.29) is 0 Å². The smallest absolute Gasteiger partial charge is 0.162 e. The monoisotopic (exact) mass is 242 g/mol. The molecule has 0 fully saturated rings. The lowest BCUT2D eigenvalue weighted by Gasteiger charge is -2.14. The molecular weight excluding hydrogens is 220 g/mol. The van der Waals surface area contributed by atoms with E-state index in [0.29, 0.717) is 25.4 Å². The van der Waals surface area contributed by atoms with Crippen molar-refractivity contribution < 1.29 is 14.6 Å². The quantitative estimate of drug-likeness (QED) is 0.706. The Kier molecular flexibility index (Phi) is 6.00. The van der Waals surface area contributed by atoms with Crippen LogP contribution in [-0.2, 0) is 11.3 Å². The van der Waals surface area contributed by atoms with E-state index in [4.69, 9.17) is 9.47 Å². The summed E-state index contributed by atoms with van der Waals surface area (Å²) in [4.78, 5) is 0. The zero-order valence-electron chi connectivity index (χ0n) is 10.8. The van der Waals surface area contributed by atoms with Gasteiger partial charge in [0.05, 0.1) is 13.3 Å². The van der Waals surface area contributed by atoms with Crippen LogP contribution < -0.4 is 4.74 Å². The van der Waals surface area contributed by atoms with Crippen LogP contribution >= 0.6 is 0 Å². The molecular formula is C12H22N2O3. The number of rotatable bonds is 8. The SMILES string of the molecule is CCCn1ncc(OC)c1C(O)CCOCC. The molecule has 0 aliphatic carbocycles. The van der Waals surface area contributed by atoms with Crippen molar-refractivity contribution in [2.45, 2.75) is 39.3 Å². The van der Waals surface area contributed by atoms with Gasteiger partial charge in [0.2, 0.25) is 0 Å². The van der Waals surface area contributed by atoms with E-state index in [1.54, 1.807) is 18.0 Å². The van der Waals surface area contributed by atoms with E-state index in [9.17, 15) is 5.11 Å². The van der Waals surface area contributed by atoms with E-state index in [1.807, 2.05) is 6.92 Å². The number of ether oxygens (including phenoxy) is 2. The molecule has 0 saturated heterocycles. The molecule has 1 atom stereocenters. The summed E-state index contributed by atoms with van der Waals surface area (Å²) in [5.41, 5.74) is 0.744. The van der Waals surface area contributed by atoms with Crippen molar-refractivity contribution in [3.05, 3.63) is 11.9 Å². The summed E-state index contributed by atoms with van der Waals surface area (Å²) < 4.78 is 12.3. The van der Waals surface area contributed by atoms with Gasteiger partial charge < -0.3 is 14.6 Å². The molecule has 98 valence electrons. The van der Waals surface area contributed by atoms with Crippen molar-refractivity contribution in [3.8, 4) is 5.75 Å². The van der Waals surface area contributed by atoms with E-state index < -0.39 is 6.10 Å². The number of hydrogen-bond acceptors (Lipinski definition) is 4. The first-order valence-corrected chi connectivity index (χ1v) is 6.10. The van der Waals surface area contributed by atoms with Gasteiger partial charge >= 0.3 is 0 Å². The van der Waals surface area contributed by atoms with Crippen molar-refractivity contribution in [1.29, 1.82) is 0 Å². The number of aromatic nitrogens is 2. The van der Waals surface area contributed by atoms with Gasteiger partial charge in [0, 0.05) is 26.2 Å². The average Bonchev–Trinajstić information content (AvgIpc) is 2.73. The highest BCUT2D eigenvalue weighted by molar-refractivity contribution is 5.27. The first kappa shape index (κ1) is 14.0. The predicted octanol–water partition coefficient (Wildman–Crippen LogP) is 1.76. The summed E-state index contributed by atoms with van der Waals surface area (Å²) in [5, 5.41) is 14.4. The molecule has 0 radical (unpaired) electrons. The Morgan fingerprint density at radius 3 is 2.82 bits per heavy atom. The Bertz CT molecular complexity index is 326. The minimum absolute atomic E-state index is 0.540. The second kappa shape index (κ2) is 7.29. The lowest BCUT2D eigenvalue weighted by atomic mass is 10.2. The van der Waals surface area contributed by atoms with Crippen LogP contribution in [-0.4, -0.2) is 35.2 Å². The number of methoxy groups -OCH3 is 1. The second-order valence-corrected chi connectivity index (χ2v) is 3.82. The van der Waals surface area contributed by atoms with Gasteiger partial charge in [-0.25, -0.2) is 0 Å². The molecule has 0 amide bonds. The Morgan fingerprint density at radius 2 is 2.24 bits per heavy atom. The van der Waals surface area contributed by atoms with Gasteiger partial charge in [-0.3, -0.25) is 4.68 Å². The predicted molar refractivity (Wildman–Crippen MR) is 65.1 cm³/mol. The third kappa shape index (κ3) is 3.71. The van der Waals surface area contributed by atoms with Gasteiger partial charge in [0.25, 0.3) is 0 Å². The fraction of sp³-hybridized carbons (Fsp3) is 0.750. The molecule has 1 unspecified atom stereocenters. The minimum Gasteiger partial charge on any atom is -0.493 e. The molecule has 1 aromatic heterocycles. The van der Waals surface area contributed by atoms with Gasteiger partial charge in [-0.15, -0.1) is 0 Å². The molecule has 0 bridgehead atoms. The van der Waals surface area contributed by atoms with Crippen molar-refractivity contribution in [3.63, 3.8) is 0 Å². The van der Waals surface area contributed by atoms with Crippen LogP contribution in [0.2, 0.25) is 0 Å². The van der Waals surface area contributed by atoms with Crippen LogP contribution in [0.3, 0.4) is 0 Å². The molecule has 1 N–H and O–H groups in total. The zero-order valence-corrected chi connectivity index (χ0v) is 10.8. The Labute approximate surface area is 102 Å². The fourth-order valence-corrected chi connectivity index (χ4v) is 1.74. The first-order valence-electron chi connectivity index (χ1n) is 6.10. The number of aliphatic hydroxyl groups excluding tert-OH is 1. The summed E-state index contributed by atoms with van der Waals surface area (Å²) in [6, 6.07) is 0. The van der Waals surface area contributed by atoms with Gasteiger partial charge in [0.1, 0.15) is 11.8 Å². The Morgan fingerprint density at radius 1 is 1.47 bits per heavy atom. The lowest BCUT2D eigenvalue weighted by Crippen LogP contribution is -2.12. The first-order chi connectivity index (χ1) is 8.24. The summed E-state index contributed by atoms with van der Waals surface area (Å²) in [6.07, 6.45) is 2.58. The van der Waals surface area contributed by atoms with Crippen LogP contribution in [0.4, 0.5) is 0 Å². The van der Waals surface area contributed by atoms with Gasteiger partial charge in [-0.2, -0.15) is 5.10 Å². The molecule has 1 aromatic rings. The van der Waals surface area contributed by atoms with E-state index in [0.717, 1.165) is 18.7 Å². The van der Waals surface area contributed by atoms with E-state index in [2.05, 4.69) is 12.0 Å². The second-order valence-electron chi connectivity index (χ2n) is 3.82. The van der Waals surface area contributed by atoms with E-state index >= 15 is 0 Å². The molecule has 0 aliphatic rings. The van der Waals surface area contributed by atoms with Crippen LogP contribution in [0.1, 0.15) is 38.5 Å². The van der Waals surface area contributed by atoms with Gasteiger partial charge in [-0.1, -0.05) is 6.92 Å². The maximum Gasteiger partial charge on any atom is 0.162 e. The number of aryl methyl sites for hydroxylation is 1. The van der Waals surface area contributed by atoms with E-state index in [1.165, 1.54) is 0 Å². The third-order valence-electron chi connectivity index (χ3n) is 2.56. The molecule has 1 heterocycles. The van der Waals surface area contributed by atoms with Crippen LogP contribution in [0.25, 0.3) is 0 Å². The number of nitrogens with zero attached hydrogens (tertiary/aromatic N) is 2. The lowest BCUT2D eigenvalue weighted by molar-refractivity contribution is 0.0826. The van der Waals surface area contributed by atoms with Crippen molar-refractivity contribution >= 4 is 0 Å². The molecule has 5 heteroatoms. The molecule has 0 aromatic carbocycles. The van der Waals surface area contributed by atoms with Crippen LogP contribution in [0.5, 0.6) is 5.75 Å². The highest BCUT2D eigenvalue weighted by Gasteiger charge is 2.19. The molecule has 0 saturated carbocycles. The van der Waals surface area contributed by atoms with Crippen molar-refractivity contribution in [2.24, 2.45) is 0 Å². The van der Waals surface area contributed by atoms with Crippen molar-refractivity contribution in [1.82, 2.24) is 9.78 Å². The summed E-state index contributed by atoms with van der Waals surface area (Å²) >= 11 is 0. The zero-order chi connectivity index (χ0) is 12.7. The maximum absolute atomic E-state index is 10.1. The molecule has 5 nitrogen and oxygen atoms in total. The summed E-state index contributed by atoms with van der Waals surface area (Å²) in [6.45, 7) is 6.00. The number of hydrogen-bond donors (Lipinski definition) is 1. The van der Waals surface area contributed by atoms with Gasteiger partial charge in [0.15, 0.2) is 5.75 Å². The van der Waals surface area contributed by atoms with Crippen LogP contribution in [0, 0.1) is 0 Å². The Balaban J connectivity index is 2.73. The third-order valence-corrected chi connectivity index (χ3v) is 2.56. The summed E-state index contributed by atoms with van der Waals surface area (Å²) in [7, 11) is 1.59. The van der Waals surface area contributed by atoms with Crippen molar-refractivity contribution in [2.75, 3.05) is 20.3 Å². The minimum atomic E-state index is -0.592. The standard InChI is InChI=1S/C12H22N2O3/c1-4-7-14-12(11(16-3)9-13-14)10(15)6-8-17-5-2/h9-10,15H,4-8H2,1-3H3. The normalized spacial score (nSPS) is 12.7. The highest BCUT2D eigenvalue weighted by atomic mass is 16.5. The largest absolute Gasteiger partial charge is 0.493 e. The van der Waals surface area contributed by atoms with Crippen LogP contribution in [0.15, 0.2) is 6.20 Å². The average molecular weight is 242 g/mol. The molecule has 0 aliphatic heterocycles. The fourth-order valence-electron chi connectivity index (χ4n) is 1.74. The highest BCUT2D eigenvalue weighted by Crippen LogP contribution is 2.27. The topological polar surface area (TPSA) is 56.5 Å².